The smallest absolute Gasteiger partial charge is 0.102 e. The molecule has 0 aliphatic heterocycles. The largest absolute Gasteiger partial charge is 0.396 e. The predicted molar refractivity (Wildman–Crippen MR) is 72.8 cm³/mol. The van der Waals surface area contributed by atoms with Crippen molar-refractivity contribution in [2.24, 2.45) is 0 Å². The number of hydrogen-bond acceptors (Lipinski definition) is 4. The van der Waals surface area contributed by atoms with Gasteiger partial charge in [-0.1, -0.05) is 23.7 Å². The molecule has 2 rings (SSSR count). The minimum absolute atomic E-state index is 0.417. The second kappa shape index (κ2) is 4.94. The molecular weight excluding hydrogens is 248 g/mol. The highest BCUT2D eigenvalue weighted by molar-refractivity contribution is 6.33. The van der Waals surface area contributed by atoms with Crippen LogP contribution in [0, 0.1) is 18.3 Å². The summed E-state index contributed by atoms with van der Waals surface area (Å²) in [5, 5.41) is 12.6. The Labute approximate surface area is 110 Å². The quantitative estimate of drug-likeness (QED) is 0.867. The molecule has 3 N–H and O–H groups in total. The van der Waals surface area contributed by atoms with E-state index in [1.54, 1.807) is 0 Å². The Morgan fingerprint density at radius 2 is 2.17 bits per heavy atom. The summed E-state index contributed by atoms with van der Waals surface area (Å²) in [7, 11) is 0. The Morgan fingerprint density at radius 1 is 1.39 bits per heavy atom. The maximum atomic E-state index is 9.15. The van der Waals surface area contributed by atoms with Crippen LogP contribution in [0.5, 0.6) is 0 Å². The lowest BCUT2D eigenvalue weighted by atomic mass is 10.1. The molecule has 0 saturated carbocycles. The summed E-state index contributed by atoms with van der Waals surface area (Å²) in [6.45, 7) is 1.88. The van der Waals surface area contributed by atoms with Crippen LogP contribution in [0.3, 0.4) is 0 Å². The molecule has 90 valence electrons. The van der Waals surface area contributed by atoms with Gasteiger partial charge in [0.05, 0.1) is 33.8 Å². The maximum Gasteiger partial charge on any atom is 0.102 e. The molecule has 0 aliphatic rings. The molecule has 0 amide bonds. The van der Waals surface area contributed by atoms with E-state index in [1.807, 2.05) is 25.1 Å². The molecule has 1 heterocycles. The van der Waals surface area contributed by atoms with Gasteiger partial charge in [0.25, 0.3) is 0 Å². The summed E-state index contributed by atoms with van der Waals surface area (Å²) in [6.07, 6.45) is 3.01. The Kier molecular flexibility index (Phi) is 3.35. The van der Waals surface area contributed by atoms with Crippen molar-refractivity contribution >= 4 is 28.7 Å². The van der Waals surface area contributed by atoms with E-state index in [4.69, 9.17) is 22.6 Å². The van der Waals surface area contributed by atoms with E-state index in [2.05, 4.69) is 16.4 Å². The number of nitrogen functional groups attached to an aromatic ring is 1. The van der Waals surface area contributed by atoms with Gasteiger partial charge < -0.3 is 11.1 Å². The van der Waals surface area contributed by atoms with Gasteiger partial charge in [-0.25, -0.2) is 0 Å². The molecule has 0 atom stereocenters. The number of aromatic nitrogens is 1. The van der Waals surface area contributed by atoms with Crippen LogP contribution >= 0.6 is 11.6 Å². The van der Waals surface area contributed by atoms with E-state index < -0.39 is 0 Å². The minimum atomic E-state index is 0.417. The Balaban J connectivity index is 2.48. The monoisotopic (exact) mass is 258 g/mol. The molecule has 0 spiro atoms. The SMILES string of the molecule is Cc1cccc(Nc2c(N)cncc2Cl)c1C#N. The van der Waals surface area contributed by atoms with Crippen LogP contribution in [-0.4, -0.2) is 4.98 Å². The summed E-state index contributed by atoms with van der Waals surface area (Å²) < 4.78 is 0. The molecule has 0 bridgehead atoms. The standard InChI is InChI=1S/C13H11ClN4/c1-8-3-2-4-12(9(8)5-15)18-13-10(14)6-17-7-11(13)16/h2-4,6-7H,16H2,1H3,(H,17,18). The van der Waals surface area contributed by atoms with Gasteiger partial charge >= 0.3 is 0 Å². The molecular formula is C13H11ClN4. The fraction of sp³-hybridized carbons (Fsp3) is 0.0769. The molecule has 5 heteroatoms. The van der Waals surface area contributed by atoms with Crippen LogP contribution < -0.4 is 11.1 Å². The zero-order valence-electron chi connectivity index (χ0n) is 9.74. The molecule has 2 aromatic rings. The number of rotatable bonds is 2. The number of hydrogen-bond donors (Lipinski definition) is 2. The number of nitrogens with two attached hydrogens (primary N) is 1. The van der Waals surface area contributed by atoms with Crippen LogP contribution in [0.15, 0.2) is 30.6 Å². The molecule has 0 aliphatic carbocycles. The molecule has 0 fully saturated rings. The van der Waals surface area contributed by atoms with Crippen molar-refractivity contribution in [1.29, 1.82) is 5.26 Å². The Bertz CT molecular complexity index is 611. The van der Waals surface area contributed by atoms with Crippen LogP contribution in [0.25, 0.3) is 0 Å². The van der Waals surface area contributed by atoms with E-state index in [-0.39, 0.29) is 0 Å². The second-order valence-corrected chi connectivity index (χ2v) is 4.23. The molecule has 1 aromatic heterocycles. The van der Waals surface area contributed by atoms with Crippen molar-refractivity contribution in [2.75, 3.05) is 11.1 Å². The topological polar surface area (TPSA) is 74.7 Å². The maximum absolute atomic E-state index is 9.15. The second-order valence-electron chi connectivity index (χ2n) is 3.82. The summed E-state index contributed by atoms with van der Waals surface area (Å²) in [4.78, 5) is 3.88. The van der Waals surface area contributed by atoms with E-state index in [0.29, 0.717) is 27.6 Å². The summed E-state index contributed by atoms with van der Waals surface area (Å²) in [6, 6.07) is 7.71. The predicted octanol–water partition coefficient (Wildman–Crippen LogP) is 3.24. The highest BCUT2D eigenvalue weighted by atomic mass is 35.5. The summed E-state index contributed by atoms with van der Waals surface area (Å²) >= 11 is 6.03. The van der Waals surface area contributed by atoms with Gasteiger partial charge in [0.15, 0.2) is 0 Å². The van der Waals surface area contributed by atoms with Crippen molar-refractivity contribution in [3.63, 3.8) is 0 Å². The Morgan fingerprint density at radius 3 is 2.83 bits per heavy atom. The molecule has 0 radical (unpaired) electrons. The molecule has 0 unspecified atom stereocenters. The van der Waals surface area contributed by atoms with Gasteiger partial charge in [0, 0.05) is 6.20 Å². The van der Waals surface area contributed by atoms with E-state index in [9.17, 15) is 0 Å². The van der Waals surface area contributed by atoms with Crippen molar-refractivity contribution in [1.82, 2.24) is 4.98 Å². The minimum Gasteiger partial charge on any atom is -0.396 e. The van der Waals surface area contributed by atoms with E-state index in [0.717, 1.165) is 5.56 Å². The lowest BCUT2D eigenvalue weighted by Crippen LogP contribution is -2.00. The zero-order valence-corrected chi connectivity index (χ0v) is 10.5. The first-order valence-corrected chi connectivity index (χ1v) is 5.67. The Hall–Kier alpha value is -2.25. The number of pyridine rings is 1. The van der Waals surface area contributed by atoms with Gasteiger partial charge in [-0.15, -0.1) is 0 Å². The molecule has 0 saturated heterocycles. The van der Waals surface area contributed by atoms with Gasteiger partial charge in [-0.2, -0.15) is 5.26 Å². The van der Waals surface area contributed by atoms with Gasteiger partial charge in [0.2, 0.25) is 0 Å². The summed E-state index contributed by atoms with van der Waals surface area (Å²) in [5.41, 5.74) is 8.95. The van der Waals surface area contributed by atoms with Crippen LogP contribution in [-0.2, 0) is 0 Å². The zero-order chi connectivity index (χ0) is 13.1. The van der Waals surface area contributed by atoms with Gasteiger partial charge in [-0.05, 0) is 18.6 Å². The van der Waals surface area contributed by atoms with Crippen LogP contribution in [0.4, 0.5) is 17.1 Å². The third-order valence-corrected chi connectivity index (χ3v) is 2.86. The number of nitrogens with zero attached hydrogens (tertiary/aromatic N) is 2. The first kappa shape index (κ1) is 12.2. The lowest BCUT2D eigenvalue weighted by Gasteiger charge is -2.12. The van der Waals surface area contributed by atoms with Gasteiger partial charge in [-0.3, -0.25) is 4.98 Å². The molecule has 1 aromatic carbocycles. The molecule has 4 nitrogen and oxygen atoms in total. The van der Waals surface area contributed by atoms with Crippen molar-refractivity contribution < 1.29 is 0 Å². The summed E-state index contributed by atoms with van der Waals surface area (Å²) in [5.74, 6) is 0. The number of benzene rings is 1. The van der Waals surface area contributed by atoms with Crippen molar-refractivity contribution in [3.8, 4) is 6.07 Å². The van der Waals surface area contributed by atoms with Crippen molar-refractivity contribution in [2.45, 2.75) is 6.92 Å². The highest BCUT2D eigenvalue weighted by Gasteiger charge is 2.09. The fourth-order valence-corrected chi connectivity index (χ4v) is 1.85. The third kappa shape index (κ3) is 2.22. The average molecular weight is 259 g/mol. The van der Waals surface area contributed by atoms with Crippen LogP contribution in [0.2, 0.25) is 5.02 Å². The normalized spacial score (nSPS) is 9.83. The number of halogens is 1. The van der Waals surface area contributed by atoms with Crippen LogP contribution in [0.1, 0.15) is 11.1 Å². The highest BCUT2D eigenvalue weighted by Crippen LogP contribution is 2.31. The van der Waals surface area contributed by atoms with Crippen molar-refractivity contribution in [3.05, 3.63) is 46.7 Å². The number of nitrogens with one attached hydrogen (secondary N) is 1. The van der Waals surface area contributed by atoms with Gasteiger partial charge in [0.1, 0.15) is 6.07 Å². The number of aryl methyl sites for hydroxylation is 1. The number of nitriles is 1. The number of anilines is 3. The lowest BCUT2D eigenvalue weighted by molar-refractivity contribution is 1.32. The molecule has 18 heavy (non-hydrogen) atoms. The average Bonchev–Trinajstić information content (AvgIpc) is 2.34. The van der Waals surface area contributed by atoms with E-state index in [1.165, 1.54) is 12.4 Å². The fourth-order valence-electron chi connectivity index (χ4n) is 1.64. The third-order valence-electron chi connectivity index (χ3n) is 2.57. The first-order chi connectivity index (χ1) is 8.63. The first-order valence-electron chi connectivity index (χ1n) is 5.29. The van der Waals surface area contributed by atoms with E-state index >= 15 is 0 Å².